The van der Waals surface area contributed by atoms with Crippen molar-refractivity contribution in [3.8, 4) is 11.8 Å². The number of aromatic nitrogens is 2. The van der Waals surface area contributed by atoms with E-state index in [0.717, 1.165) is 11.3 Å². The molecule has 0 atom stereocenters. The van der Waals surface area contributed by atoms with E-state index in [9.17, 15) is 4.79 Å². The number of hydrogen-bond acceptors (Lipinski definition) is 3. The SMILES string of the molecule is Cc1ccc(C#CCO)c(C(=O)NCc2ccnn2C)c1. The van der Waals surface area contributed by atoms with Gasteiger partial charge in [0, 0.05) is 18.8 Å². The van der Waals surface area contributed by atoms with Crippen molar-refractivity contribution in [1.29, 1.82) is 0 Å². The Balaban J connectivity index is 2.18. The van der Waals surface area contributed by atoms with Gasteiger partial charge in [0.15, 0.2) is 0 Å². The molecule has 0 radical (unpaired) electrons. The summed E-state index contributed by atoms with van der Waals surface area (Å²) < 4.78 is 1.71. The molecule has 2 aromatic rings. The first-order valence-corrected chi connectivity index (χ1v) is 6.57. The molecule has 5 heteroatoms. The van der Waals surface area contributed by atoms with Crippen molar-refractivity contribution in [1.82, 2.24) is 15.1 Å². The number of aryl methyl sites for hydroxylation is 2. The van der Waals surface area contributed by atoms with Crippen LogP contribution in [0.15, 0.2) is 30.5 Å². The highest BCUT2D eigenvalue weighted by molar-refractivity contribution is 5.96. The van der Waals surface area contributed by atoms with Crippen molar-refractivity contribution in [3.63, 3.8) is 0 Å². The zero-order valence-corrected chi connectivity index (χ0v) is 12.1. The van der Waals surface area contributed by atoms with Crippen LogP contribution in [-0.2, 0) is 13.6 Å². The number of aliphatic hydroxyl groups excluding tert-OH is 1. The predicted molar refractivity (Wildman–Crippen MR) is 79.5 cm³/mol. The van der Waals surface area contributed by atoms with Gasteiger partial charge in [0.1, 0.15) is 6.61 Å². The van der Waals surface area contributed by atoms with E-state index in [4.69, 9.17) is 5.11 Å². The standard InChI is InChI=1S/C16H17N3O2/c1-12-5-6-13(4-3-9-20)15(10-12)16(21)17-11-14-7-8-18-19(14)2/h5-8,10,20H,9,11H2,1-2H3,(H,17,21). The third kappa shape index (κ3) is 3.71. The smallest absolute Gasteiger partial charge is 0.252 e. The maximum absolute atomic E-state index is 12.3. The van der Waals surface area contributed by atoms with Crippen molar-refractivity contribution < 1.29 is 9.90 Å². The van der Waals surface area contributed by atoms with Crippen LogP contribution < -0.4 is 5.32 Å². The molecule has 2 N–H and O–H groups in total. The highest BCUT2D eigenvalue weighted by Gasteiger charge is 2.11. The second-order valence-electron chi connectivity index (χ2n) is 4.64. The minimum Gasteiger partial charge on any atom is -0.384 e. The van der Waals surface area contributed by atoms with Crippen LogP contribution in [0.1, 0.15) is 27.2 Å². The van der Waals surface area contributed by atoms with Crippen LogP contribution in [0.5, 0.6) is 0 Å². The molecular weight excluding hydrogens is 266 g/mol. The molecule has 21 heavy (non-hydrogen) atoms. The van der Waals surface area contributed by atoms with Crippen LogP contribution in [0.2, 0.25) is 0 Å². The van der Waals surface area contributed by atoms with Gasteiger partial charge in [0.2, 0.25) is 0 Å². The molecular formula is C16H17N3O2. The Bertz CT molecular complexity index is 708. The van der Waals surface area contributed by atoms with E-state index >= 15 is 0 Å². The molecule has 0 bridgehead atoms. The zero-order chi connectivity index (χ0) is 15.2. The first kappa shape index (κ1) is 14.8. The van der Waals surface area contributed by atoms with E-state index in [-0.39, 0.29) is 12.5 Å². The normalized spacial score (nSPS) is 9.86. The molecule has 1 aromatic carbocycles. The fourth-order valence-electron chi connectivity index (χ4n) is 1.93. The van der Waals surface area contributed by atoms with Gasteiger partial charge in [-0.25, -0.2) is 0 Å². The van der Waals surface area contributed by atoms with Gasteiger partial charge in [0.05, 0.1) is 17.8 Å². The van der Waals surface area contributed by atoms with E-state index in [1.807, 2.05) is 26.1 Å². The molecule has 2 rings (SSSR count). The highest BCUT2D eigenvalue weighted by Crippen LogP contribution is 2.11. The number of benzene rings is 1. The van der Waals surface area contributed by atoms with Crippen molar-refractivity contribution >= 4 is 5.91 Å². The highest BCUT2D eigenvalue weighted by atomic mass is 16.2. The third-order valence-corrected chi connectivity index (χ3v) is 3.07. The number of nitrogens with one attached hydrogen (secondary N) is 1. The summed E-state index contributed by atoms with van der Waals surface area (Å²) >= 11 is 0. The quantitative estimate of drug-likeness (QED) is 0.826. The largest absolute Gasteiger partial charge is 0.384 e. The van der Waals surface area contributed by atoms with Crippen LogP contribution in [-0.4, -0.2) is 27.4 Å². The number of hydrogen-bond donors (Lipinski definition) is 2. The molecule has 0 unspecified atom stereocenters. The fourth-order valence-corrected chi connectivity index (χ4v) is 1.93. The van der Waals surface area contributed by atoms with Gasteiger partial charge in [0.25, 0.3) is 5.91 Å². The lowest BCUT2D eigenvalue weighted by Gasteiger charge is -2.08. The number of aliphatic hydroxyl groups is 1. The van der Waals surface area contributed by atoms with Crippen molar-refractivity contribution in [3.05, 3.63) is 52.8 Å². The van der Waals surface area contributed by atoms with Crippen LogP contribution in [0.4, 0.5) is 0 Å². The summed E-state index contributed by atoms with van der Waals surface area (Å²) in [5.74, 6) is 5.17. The summed E-state index contributed by atoms with van der Waals surface area (Å²) in [6.07, 6.45) is 1.69. The van der Waals surface area contributed by atoms with Gasteiger partial charge in [-0.15, -0.1) is 0 Å². The number of rotatable bonds is 3. The monoisotopic (exact) mass is 283 g/mol. The van der Waals surface area contributed by atoms with Crippen LogP contribution in [0.25, 0.3) is 0 Å². The zero-order valence-electron chi connectivity index (χ0n) is 12.1. The summed E-state index contributed by atoms with van der Waals surface area (Å²) in [5.41, 5.74) is 3.02. The lowest BCUT2D eigenvalue weighted by molar-refractivity contribution is 0.0949. The molecule has 1 amide bonds. The number of carbonyl (C=O) groups excluding carboxylic acids is 1. The molecule has 108 valence electrons. The Morgan fingerprint density at radius 1 is 1.43 bits per heavy atom. The van der Waals surface area contributed by atoms with E-state index in [2.05, 4.69) is 22.3 Å². The van der Waals surface area contributed by atoms with Crippen molar-refractivity contribution in [2.75, 3.05) is 6.61 Å². The minimum atomic E-state index is -0.232. The molecule has 1 heterocycles. The van der Waals surface area contributed by atoms with E-state index in [1.165, 1.54) is 0 Å². The second-order valence-corrected chi connectivity index (χ2v) is 4.64. The molecule has 0 aliphatic rings. The van der Waals surface area contributed by atoms with Crippen LogP contribution in [0, 0.1) is 18.8 Å². The molecule has 1 aromatic heterocycles. The minimum absolute atomic E-state index is 0.192. The van der Waals surface area contributed by atoms with Crippen LogP contribution >= 0.6 is 0 Å². The first-order valence-electron chi connectivity index (χ1n) is 6.57. The van der Waals surface area contributed by atoms with E-state index in [0.29, 0.717) is 17.7 Å². The Labute approximate surface area is 123 Å². The van der Waals surface area contributed by atoms with Crippen LogP contribution in [0.3, 0.4) is 0 Å². The number of nitrogens with zero attached hydrogens (tertiary/aromatic N) is 2. The second kappa shape index (κ2) is 6.73. The molecule has 0 saturated heterocycles. The molecule has 0 fully saturated rings. The van der Waals surface area contributed by atoms with Gasteiger partial charge in [-0.05, 0) is 25.1 Å². The average molecular weight is 283 g/mol. The number of carbonyl (C=O) groups is 1. The van der Waals surface area contributed by atoms with Crippen molar-refractivity contribution in [2.24, 2.45) is 7.05 Å². The van der Waals surface area contributed by atoms with E-state index < -0.39 is 0 Å². The summed E-state index contributed by atoms with van der Waals surface area (Å²) in [5, 5.41) is 15.7. The lowest BCUT2D eigenvalue weighted by Crippen LogP contribution is -2.25. The maximum atomic E-state index is 12.3. The topological polar surface area (TPSA) is 67.2 Å². The number of amides is 1. The Morgan fingerprint density at radius 3 is 2.90 bits per heavy atom. The summed E-state index contributed by atoms with van der Waals surface area (Å²) in [6, 6.07) is 7.32. The van der Waals surface area contributed by atoms with Gasteiger partial charge in [-0.2, -0.15) is 5.10 Å². The summed E-state index contributed by atoms with van der Waals surface area (Å²) in [4.78, 5) is 12.3. The van der Waals surface area contributed by atoms with Gasteiger partial charge in [-0.1, -0.05) is 23.5 Å². The summed E-state index contributed by atoms with van der Waals surface area (Å²) in [7, 11) is 1.83. The van der Waals surface area contributed by atoms with Gasteiger partial charge in [-0.3, -0.25) is 9.48 Å². The molecule has 0 aliphatic carbocycles. The summed E-state index contributed by atoms with van der Waals surface area (Å²) in [6.45, 7) is 2.08. The molecule has 0 spiro atoms. The Morgan fingerprint density at radius 2 is 2.24 bits per heavy atom. The van der Waals surface area contributed by atoms with Crippen molar-refractivity contribution in [2.45, 2.75) is 13.5 Å². The first-order chi connectivity index (χ1) is 10.1. The molecule has 0 aliphatic heterocycles. The lowest BCUT2D eigenvalue weighted by atomic mass is 10.0. The average Bonchev–Trinajstić information content (AvgIpc) is 2.88. The fraction of sp³-hybridized carbons (Fsp3) is 0.250. The predicted octanol–water partition coefficient (Wildman–Crippen LogP) is 1.00. The Hall–Kier alpha value is -2.58. The molecule has 0 saturated carbocycles. The van der Waals surface area contributed by atoms with Gasteiger partial charge >= 0.3 is 0 Å². The van der Waals surface area contributed by atoms with E-state index in [1.54, 1.807) is 23.0 Å². The third-order valence-electron chi connectivity index (χ3n) is 3.07. The molecule has 5 nitrogen and oxygen atoms in total. The van der Waals surface area contributed by atoms with Gasteiger partial charge < -0.3 is 10.4 Å². The Kier molecular flexibility index (Phi) is 4.75. The maximum Gasteiger partial charge on any atom is 0.252 e.